The third-order valence-electron chi connectivity index (χ3n) is 5.87. The zero-order chi connectivity index (χ0) is 28.2. The van der Waals surface area contributed by atoms with E-state index in [-0.39, 0.29) is 11.5 Å². The summed E-state index contributed by atoms with van der Waals surface area (Å²) in [5, 5.41) is 12.0. The summed E-state index contributed by atoms with van der Waals surface area (Å²) in [6.45, 7) is 8.49. The lowest BCUT2D eigenvalue weighted by Crippen LogP contribution is -2.19. The predicted molar refractivity (Wildman–Crippen MR) is 149 cm³/mol. The number of hydrogen-bond donors (Lipinski definition) is 2. The summed E-state index contributed by atoms with van der Waals surface area (Å²) >= 11 is 0. The summed E-state index contributed by atoms with van der Waals surface area (Å²) < 4.78 is 20.2. The molecule has 3 aromatic heterocycles. The van der Waals surface area contributed by atoms with Gasteiger partial charge in [-0.3, -0.25) is 14.6 Å². The molecule has 0 radical (unpaired) electrons. The van der Waals surface area contributed by atoms with Gasteiger partial charge in [0.1, 0.15) is 11.2 Å². The highest BCUT2D eigenvalue weighted by Gasteiger charge is 2.21. The van der Waals surface area contributed by atoms with Gasteiger partial charge in [0.05, 0.1) is 37.4 Å². The monoisotopic (exact) mass is 543 g/mol. The van der Waals surface area contributed by atoms with Crippen LogP contribution in [0.5, 0.6) is 17.2 Å². The first-order chi connectivity index (χ1) is 19.4. The number of nitrogens with zero attached hydrogens (tertiary/aromatic N) is 5. The fourth-order valence-corrected chi connectivity index (χ4v) is 4.22. The Morgan fingerprint density at radius 2 is 1.62 bits per heavy atom. The first kappa shape index (κ1) is 26.5. The average Bonchev–Trinajstić information content (AvgIpc) is 3.54. The number of aromatic nitrogens is 6. The van der Waals surface area contributed by atoms with Gasteiger partial charge in [0.25, 0.3) is 11.5 Å². The van der Waals surface area contributed by atoms with Crippen molar-refractivity contribution in [3.8, 4) is 28.9 Å². The Hall–Kier alpha value is -5.13. The Labute approximate surface area is 229 Å². The fourth-order valence-electron chi connectivity index (χ4n) is 4.22. The summed E-state index contributed by atoms with van der Waals surface area (Å²) in [5.74, 6) is 1.22. The molecule has 0 fully saturated rings. The standard InChI is InChI=1S/C28H29N7O5/c1-5-38-21-14-18(15-22(39-6-2)24(21)40-7-3)26(36)30-23-13-17(4)33-35(23)28-31-25-20(27(37)32-28)16-29-34(25)19-11-9-8-10-12-19/h8-16H,5-7H2,1-4H3,(H,30,36)(H,31,32,37). The molecule has 3 heterocycles. The Bertz CT molecular complexity index is 1700. The van der Waals surface area contributed by atoms with Crippen LogP contribution >= 0.6 is 0 Å². The van der Waals surface area contributed by atoms with Crippen LogP contribution < -0.4 is 25.1 Å². The van der Waals surface area contributed by atoms with Crippen molar-refractivity contribution < 1.29 is 19.0 Å². The largest absolute Gasteiger partial charge is 0.490 e. The van der Waals surface area contributed by atoms with Crippen LogP contribution in [0.4, 0.5) is 5.82 Å². The molecule has 12 heteroatoms. The molecule has 0 bridgehead atoms. The summed E-state index contributed by atoms with van der Waals surface area (Å²) in [6, 6.07) is 14.2. The van der Waals surface area contributed by atoms with E-state index >= 15 is 0 Å². The van der Waals surface area contributed by atoms with Gasteiger partial charge < -0.3 is 19.5 Å². The number of rotatable bonds is 10. The number of aryl methyl sites for hydroxylation is 1. The van der Waals surface area contributed by atoms with Crippen LogP contribution in [0.1, 0.15) is 36.8 Å². The molecule has 0 aliphatic carbocycles. The van der Waals surface area contributed by atoms with E-state index in [0.29, 0.717) is 65.2 Å². The normalized spacial score (nSPS) is 11.0. The molecular weight excluding hydrogens is 514 g/mol. The van der Waals surface area contributed by atoms with Crippen molar-refractivity contribution in [2.24, 2.45) is 0 Å². The van der Waals surface area contributed by atoms with E-state index in [4.69, 9.17) is 14.2 Å². The van der Waals surface area contributed by atoms with Crippen molar-refractivity contribution in [3.63, 3.8) is 0 Å². The maximum Gasteiger partial charge on any atom is 0.263 e. The van der Waals surface area contributed by atoms with Gasteiger partial charge in [-0.15, -0.1) is 0 Å². The number of aromatic amines is 1. The molecule has 0 saturated carbocycles. The van der Waals surface area contributed by atoms with E-state index in [0.717, 1.165) is 5.69 Å². The minimum absolute atomic E-state index is 0.121. The van der Waals surface area contributed by atoms with Gasteiger partial charge >= 0.3 is 0 Å². The van der Waals surface area contributed by atoms with Crippen molar-refractivity contribution in [1.29, 1.82) is 0 Å². The van der Waals surface area contributed by atoms with Crippen molar-refractivity contribution >= 4 is 22.8 Å². The van der Waals surface area contributed by atoms with Crippen LogP contribution in [0.3, 0.4) is 0 Å². The number of ether oxygens (including phenoxy) is 3. The Kier molecular flexibility index (Phi) is 7.49. The number of amides is 1. The second-order valence-corrected chi connectivity index (χ2v) is 8.66. The molecule has 0 spiro atoms. The number of nitrogens with one attached hydrogen (secondary N) is 2. The number of fused-ring (bicyclic) bond motifs is 1. The van der Waals surface area contributed by atoms with Crippen molar-refractivity contribution in [1.82, 2.24) is 29.5 Å². The summed E-state index contributed by atoms with van der Waals surface area (Å²) in [7, 11) is 0. The highest BCUT2D eigenvalue weighted by Crippen LogP contribution is 2.39. The summed E-state index contributed by atoms with van der Waals surface area (Å²) in [5.41, 5.74) is 1.61. The van der Waals surface area contributed by atoms with E-state index in [1.807, 2.05) is 51.1 Å². The Morgan fingerprint density at radius 3 is 2.27 bits per heavy atom. The average molecular weight is 544 g/mol. The van der Waals surface area contributed by atoms with Crippen LogP contribution in [-0.2, 0) is 0 Å². The van der Waals surface area contributed by atoms with Gasteiger partial charge in [-0.25, -0.2) is 4.68 Å². The molecule has 0 aliphatic rings. The first-order valence-electron chi connectivity index (χ1n) is 12.9. The topological polar surface area (TPSA) is 138 Å². The number of para-hydroxylation sites is 1. The molecule has 0 saturated heterocycles. The zero-order valence-electron chi connectivity index (χ0n) is 22.6. The van der Waals surface area contributed by atoms with Gasteiger partial charge in [-0.2, -0.15) is 19.9 Å². The molecule has 0 atom stereocenters. The number of anilines is 1. The Morgan fingerprint density at radius 1 is 0.950 bits per heavy atom. The molecule has 0 aliphatic heterocycles. The molecule has 2 aromatic carbocycles. The van der Waals surface area contributed by atoms with Gasteiger partial charge in [0.15, 0.2) is 17.1 Å². The number of carbonyl (C=O) groups excluding carboxylic acids is 1. The second-order valence-electron chi connectivity index (χ2n) is 8.66. The molecule has 0 unspecified atom stereocenters. The van der Waals surface area contributed by atoms with Crippen LogP contribution in [0.15, 0.2) is 59.5 Å². The minimum Gasteiger partial charge on any atom is -0.490 e. The lowest BCUT2D eigenvalue weighted by Gasteiger charge is -2.17. The molecule has 12 nitrogen and oxygen atoms in total. The van der Waals surface area contributed by atoms with Crippen molar-refractivity contribution in [3.05, 3.63) is 76.3 Å². The second kappa shape index (κ2) is 11.3. The molecule has 5 aromatic rings. The van der Waals surface area contributed by atoms with Crippen LogP contribution in [0.25, 0.3) is 22.7 Å². The van der Waals surface area contributed by atoms with E-state index in [1.54, 1.807) is 29.8 Å². The van der Waals surface area contributed by atoms with Gasteiger partial charge in [0, 0.05) is 11.6 Å². The van der Waals surface area contributed by atoms with E-state index < -0.39 is 5.91 Å². The number of carbonyl (C=O) groups is 1. The molecule has 40 heavy (non-hydrogen) atoms. The summed E-state index contributed by atoms with van der Waals surface area (Å²) in [6.07, 6.45) is 1.47. The highest BCUT2D eigenvalue weighted by atomic mass is 16.5. The van der Waals surface area contributed by atoms with Crippen molar-refractivity contribution in [2.45, 2.75) is 27.7 Å². The highest BCUT2D eigenvalue weighted by molar-refractivity contribution is 6.04. The van der Waals surface area contributed by atoms with Crippen LogP contribution in [-0.4, -0.2) is 55.3 Å². The minimum atomic E-state index is -0.441. The van der Waals surface area contributed by atoms with Crippen molar-refractivity contribution in [2.75, 3.05) is 25.1 Å². The molecule has 2 N–H and O–H groups in total. The van der Waals surface area contributed by atoms with E-state index in [9.17, 15) is 9.59 Å². The zero-order valence-corrected chi connectivity index (χ0v) is 22.6. The van der Waals surface area contributed by atoms with E-state index in [2.05, 4.69) is 25.5 Å². The number of benzene rings is 2. The third kappa shape index (κ3) is 5.10. The maximum atomic E-state index is 13.5. The predicted octanol–water partition coefficient (Wildman–Crippen LogP) is 4.05. The first-order valence-corrected chi connectivity index (χ1v) is 12.9. The SMILES string of the molecule is CCOc1cc(C(=O)Nc2cc(C)nn2-c2nc3c(cnn3-c3ccccc3)c(=O)[nH]2)cc(OCC)c1OCC. The number of H-pyrrole nitrogens is 1. The summed E-state index contributed by atoms with van der Waals surface area (Å²) in [4.78, 5) is 33.8. The maximum absolute atomic E-state index is 13.5. The van der Waals surface area contributed by atoms with Crippen LogP contribution in [0.2, 0.25) is 0 Å². The fraction of sp³-hybridized carbons (Fsp3) is 0.250. The van der Waals surface area contributed by atoms with Gasteiger partial charge in [0.2, 0.25) is 11.7 Å². The van der Waals surface area contributed by atoms with Crippen LogP contribution in [0, 0.1) is 6.92 Å². The molecular formula is C28H29N7O5. The van der Waals surface area contributed by atoms with E-state index in [1.165, 1.54) is 10.9 Å². The third-order valence-corrected chi connectivity index (χ3v) is 5.87. The molecule has 206 valence electrons. The smallest absolute Gasteiger partial charge is 0.263 e. The molecule has 5 rings (SSSR count). The number of hydrogen-bond acceptors (Lipinski definition) is 8. The Balaban J connectivity index is 1.54. The van der Waals surface area contributed by atoms with Gasteiger partial charge in [-0.1, -0.05) is 18.2 Å². The quantitative estimate of drug-likeness (QED) is 0.269. The van der Waals surface area contributed by atoms with Gasteiger partial charge in [-0.05, 0) is 52.0 Å². The molecule has 1 amide bonds. The lowest BCUT2D eigenvalue weighted by atomic mass is 10.1. The lowest BCUT2D eigenvalue weighted by molar-refractivity contribution is 0.102.